The number of likely N-dealkylation sites (tertiary alicyclic amines) is 1. The number of nitrogens with zero attached hydrogens (tertiary/aromatic N) is 1. The minimum Gasteiger partial charge on any atom is -0.387 e. The molecule has 3 nitrogen and oxygen atoms in total. The number of halogens is 2. The molecule has 0 bridgehead atoms. The van der Waals surface area contributed by atoms with Crippen molar-refractivity contribution >= 4 is 5.69 Å². The summed E-state index contributed by atoms with van der Waals surface area (Å²) < 4.78 is 25.9. The highest BCUT2D eigenvalue weighted by molar-refractivity contribution is 5.43. The van der Waals surface area contributed by atoms with E-state index in [9.17, 15) is 13.9 Å². The standard InChI is InChI=1S/C19H22F2N2O/c20-15-3-1-14(2-4-15)19(24)13-23-11-9-18(10-12-23)22-17-7-5-16(21)6-8-17/h1-8,18-19,22,24H,9-13H2. The summed E-state index contributed by atoms with van der Waals surface area (Å²) in [6.07, 6.45) is 1.33. The Kier molecular flexibility index (Phi) is 5.43. The van der Waals surface area contributed by atoms with E-state index in [0.717, 1.165) is 37.2 Å². The van der Waals surface area contributed by atoms with Crippen LogP contribution in [0.25, 0.3) is 0 Å². The largest absolute Gasteiger partial charge is 0.387 e. The molecule has 1 aliphatic heterocycles. The van der Waals surface area contributed by atoms with Gasteiger partial charge in [-0.3, -0.25) is 0 Å². The van der Waals surface area contributed by atoms with E-state index in [1.54, 1.807) is 24.3 Å². The summed E-state index contributed by atoms with van der Waals surface area (Å²) in [5.74, 6) is -0.524. The summed E-state index contributed by atoms with van der Waals surface area (Å²) >= 11 is 0. The summed E-state index contributed by atoms with van der Waals surface area (Å²) in [4.78, 5) is 2.22. The number of rotatable bonds is 5. The Balaban J connectivity index is 1.46. The maximum Gasteiger partial charge on any atom is 0.123 e. The number of nitrogens with one attached hydrogen (secondary N) is 1. The van der Waals surface area contributed by atoms with Crippen molar-refractivity contribution in [2.75, 3.05) is 25.0 Å². The molecule has 24 heavy (non-hydrogen) atoms. The number of hydrogen-bond donors (Lipinski definition) is 2. The molecule has 128 valence electrons. The van der Waals surface area contributed by atoms with Gasteiger partial charge in [0.05, 0.1) is 6.10 Å². The van der Waals surface area contributed by atoms with Crippen molar-refractivity contribution in [2.24, 2.45) is 0 Å². The molecule has 1 heterocycles. The van der Waals surface area contributed by atoms with Gasteiger partial charge in [-0.05, 0) is 54.8 Å². The monoisotopic (exact) mass is 332 g/mol. The van der Waals surface area contributed by atoms with Crippen LogP contribution in [0.3, 0.4) is 0 Å². The lowest BCUT2D eigenvalue weighted by Gasteiger charge is -2.34. The van der Waals surface area contributed by atoms with Crippen molar-refractivity contribution in [3.8, 4) is 0 Å². The minimum absolute atomic E-state index is 0.231. The average Bonchev–Trinajstić information content (AvgIpc) is 2.59. The summed E-state index contributed by atoms with van der Waals surface area (Å²) in [5, 5.41) is 13.7. The Morgan fingerprint density at radius 1 is 0.958 bits per heavy atom. The van der Waals surface area contributed by atoms with E-state index in [-0.39, 0.29) is 11.6 Å². The molecule has 0 radical (unpaired) electrons. The van der Waals surface area contributed by atoms with Gasteiger partial charge in [0, 0.05) is 31.4 Å². The van der Waals surface area contributed by atoms with Crippen LogP contribution in [0.2, 0.25) is 0 Å². The molecule has 1 saturated heterocycles. The van der Waals surface area contributed by atoms with Gasteiger partial charge in [0.1, 0.15) is 11.6 Å². The Hall–Kier alpha value is -1.98. The zero-order chi connectivity index (χ0) is 16.9. The highest BCUT2D eigenvalue weighted by Crippen LogP contribution is 2.20. The predicted molar refractivity (Wildman–Crippen MR) is 90.8 cm³/mol. The fraction of sp³-hybridized carbons (Fsp3) is 0.368. The molecule has 3 rings (SSSR count). The first-order valence-electron chi connectivity index (χ1n) is 8.28. The number of hydrogen-bond acceptors (Lipinski definition) is 3. The normalized spacial score (nSPS) is 17.6. The number of anilines is 1. The first-order chi connectivity index (χ1) is 11.6. The van der Waals surface area contributed by atoms with Gasteiger partial charge < -0.3 is 15.3 Å². The summed E-state index contributed by atoms with van der Waals surface area (Å²) in [5.41, 5.74) is 1.67. The van der Waals surface area contributed by atoms with E-state index in [0.29, 0.717) is 12.6 Å². The number of piperidine rings is 1. The smallest absolute Gasteiger partial charge is 0.123 e. The van der Waals surface area contributed by atoms with E-state index in [4.69, 9.17) is 0 Å². The Morgan fingerprint density at radius 3 is 2.08 bits per heavy atom. The van der Waals surface area contributed by atoms with Crippen LogP contribution < -0.4 is 5.32 Å². The Bertz CT molecular complexity index is 637. The van der Waals surface area contributed by atoms with Crippen molar-refractivity contribution in [3.05, 3.63) is 65.7 Å². The first kappa shape index (κ1) is 16.9. The number of benzene rings is 2. The van der Waals surface area contributed by atoms with Gasteiger partial charge in [-0.15, -0.1) is 0 Å². The van der Waals surface area contributed by atoms with Crippen LogP contribution in [0.4, 0.5) is 14.5 Å². The molecule has 1 fully saturated rings. The SMILES string of the molecule is OC(CN1CCC(Nc2ccc(F)cc2)CC1)c1ccc(F)cc1. The number of aliphatic hydroxyl groups is 1. The third-order valence-electron chi connectivity index (χ3n) is 4.49. The lowest BCUT2D eigenvalue weighted by atomic mass is 10.0. The Morgan fingerprint density at radius 2 is 1.50 bits per heavy atom. The fourth-order valence-electron chi connectivity index (χ4n) is 3.08. The minimum atomic E-state index is -0.604. The van der Waals surface area contributed by atoms with Gasteiger partial charge in [-0.2, -0.15) is 0 Å². The molecule has 0 aromatic heterocycles. The number of aliphatic hydroxyl groups excluding tert-OH is 1. The molecule has 0 spiro atoms. The molecule has 0 amide bonds. The van der Waals surface area contributed by atoms with E-state index in [1.165, 1.54) is 24.3 Å². The third-order valence-corrected chi connectivity index (χ3v) is 4.49. The van der Waals surface area contributed by atoms with Gasteiger partial charge in [0.2, 0.25) is 0 Å². The van der Waals surface area contributed by atoms with Gasteiger partial charge in [-0.1, -0.05) is 12.1 Å². The average molecular weight is 332 g/mol. The van der Waals surface area contributed by atoms with Gasteiger partial charge in [-0.25, -0.2) is 8.78 Å². The zero-order valence-corrected chi connectivity index (χ0v) is 13.5. The van der Waals surface area contributed by atoms with E-state index < -0.39 is 6.10 Å². The van der Waals surface area contributed by atoms with E-state index >= 15 is 0 Å². The molecule has 2 N–H and O–H groups in total. The molecule has 0 saturated carbocycles. The second-order valence-corrected chi connectivity index (χ2v) is 6.29. The lowest BCUT2D eigenvalue weighted by Crippen LogP contribution is -2.40. The summed E-state index contributed by atoms with van der Waals surface area (Å²) in [6, 6.07) is 12.8. The maximum atomic E-state index is 12.9. The van der Waals surface area contributed by atoms with Gasteiger partial charge in [0.25, 0.3) is 0 Å². The first-order valence-corrected chi connectivity index (χ1v) is 8.28. The van der Waals surface area contributed by atoms with Crippen LogP contribution in [0.5, 0.6) is 0 Å². The van der Waals surface area contributed by atoms with Crippen LogP contribution in [-0.2, 0) is 0 Å². The van der Waals surface area contributed by atoms with Crippen molar-refractivity contribution in [2.45, 2.75) is 25.0 Å². The quantitative estimate of drug-likeness (QED) is 0.878. The fourth-order valence-corrected chi connectivity index (χ4v) is 3.08. The number of β-amino-alcohol motifs (C(OH)–C–C–N with tert-alkyl or cyclic N) is 1. The molecule has 1 unspecified atom stereocenters. The molecular weight excluding hydrogens is 310 g/mol. The van der Waals surface area contributed by atoms with Crippen molar-refractivity contribution < 1.29 is 13.9 Å². The maximum absolute atomic E-state index is 12.9. The lowest BCUT2D eigenvalue weighted by molar-refractivity contribution is 0.0991. The van der Waals surface area contributed by atoms with E-state index in [2.05, 4.69) is 10.2 Å². The Labute approximate surface area is 140 Å². The molecule has 1 aliphatic rings. The third kappa shape index (κ3) is 4.52. The molecule has 2 aromatic carbocycles. The summed E-state index contributed by atoms with van der Waals surface area (Å²) in [7, 11) is 0. The molecule has 2 aromatic rings. The summed E-state index contributed by atoms with van der Waals surface area (Å²) in [6.45, 7) is 2.32. The van der Waals surface area contributed by atoms with Crippen LogP contribution in [0.1, 0.15) is 24.5 Å². The second kappa shape index (κ2) is 7.73. The molecular formula is C19H22F2N2O. The van der Waals surface area contributed by atoms with Crippen molar-refractivity contribution in [1.29, 1.82) is 0 Å². The molecule has 0 aliphatic carbocycles. The predicted octanol–water partition coefficient (Wildman–Crippen LogP) is 3.57. The van der Waals surface area contributed by atoms with Crippen LogP contribution in [0.15, 0.2) is 48.5 Å². The van der Waals surface area contributed by atoms with Crippen LogP contribution in [-0.4, -0.2) is 35.7 Å². The topological polar surface area (TPSA) is 35.5 Å². The second-order valence-electron chi connectivity index (χ2n) is 6.29. The van der Waals surface area contributed by atoms with Crippen molar-refractivity contribution in [3.63, 3.8) is 0 Å². The molecule has 1 atom stereocenters. The zero-order valence-electron chi connectivity index (χ0n) is 13.5. The van der Waals surface area contributed by atoms with E-state index in [1.807, 2.05) is 0 Å². The van der Waals surface area contributed by atoms with Gasteiger partial charge >= 0.3 is 0 Å². The molecule has 5 heteroatoms. The van der Waals surface area contributed by atoms with Crippen LogP contribution in [0, 0.1) is 11.6 Å². The highest BCUT2D eigenvalue weighted by Gasteiger charge is 2.21. The van der Waals surface area contributed by atoms with Crippen molar-refractivity contribution in [1.82, 2.24) is 4.90 Å². The van der Waals surface area contributed by atoms with Gasteiger partial charge in [0.15, 0.2) is 0 Å². The van der Waals surface area contributed by atoms with Crippen LogP contribution >= 0.6 is 0 Å². The highest BCUT2D eigenvalue weighted by atomic mass is 19.1.